The van der Waals surface area contributed by atoms with Gasteiger partial charge in [-0.3, -0.25) is 9.59 Å². The molecule has 0 heterocycles. The Labute approximate surface area is 199 Å². The fourth-order valence-corrected chi connectivity index (χ4v) is 9.24. The van der Waals surface area contributed by atoms with Crippen molar-refractivity contribution in [1.29, 1.82) is 0 Å². The number of ether oxygens (including phenoxy) is 2. The summed E-state index contributed by atoms with van der Waals surface area (Å²) in [5.74, 6) is 2.39. The van der Waals surface area contributed by atoms with Crippen molar-refractivity contribution in [3.8, 4) is 0 Å². The zero-order valence-corrected chi connectivity index (χ0v) is 21.3. The third-order valence-electron chi connectivity index (χ3n) is 11.0. The highest BCUT2D eigenvalue weighted by atomic mass is 16.5. The minimum absolute atomic E-state index is 0.00334. The summed E-state index contributed by atoms with van der Waals surface area (Å²) < 4.78 is 11.0. The van der Waals surface area contributed by atoms with Crippen LogP contribution in [0.3, 0.4) is 0 Å². The smallest absolute Gasteiger partial charge is 0.305 e. The Balaban J connectivity index is 1.64. The predicted molar refractivity (Wildman–Crippen MR) is 128 cm³/mol. The number of rotatable bonds is 5. The molecular formula is C27H46N2O4. The third kappa shape index (κ3) is 4.13. The van der Waals surface area contributed by atoms with Crippen molar-refractivity contribution in [2.24, 2.45) is 57.8 Å². The first-order valence-electron chi connectivity index (χ1n) is 13.3. The maximum atomic E-state index is 12.2. The second-order valence-corrected chi connectivity index (χ2v) is 12.4. The molecule has 0 unspecified atom stereocenters. The molecule has 11 atom stereocenters. The Hall–Kier alpha value is -1.14. The fraction of sp³-hybridized carbons (Fsp3) is 0.926. The molecule has 0 spiro atoms. The normalized spacial score (nSPS) is 47.6. The van der Waals surface area contributed by atoms with Crippen molar-refractivity contribution in [3.05, 3.63) is 0 Å². The quantitative estimate of drug-likeness (QED) is 0.598. The lowest BCUT2D eigenvalue weighted by molar-refractivity contribution is -0.193. The molecule has 4 aliphatic rings. The van der Waals surface area contributed by atoms with Gasteiger partial charge in [0.1, 0.15) is 6.10 Å². The highest BCUT2D eigenvalue weighted by molar-refractivity contribution is 5.69. The van der Waals surface area contributed by atoms with Crippen LogP contribution in [-0.2, 0) is 19.1 Å². The number of hydrogen-bond acceptors (Lipinski definition) is 6. The number of carbonyl (C=O) groups excluding carboxylic acids is 2. The Bertz CT molecular complexity index is 758. The minimum Gasteiger partial charge on any atom is -0.469 e. The Morgan fingerprint density at radius 1 is 1.06 bits per heavy atom. The average Bonchev–Trinajstić information content (AvgIpc) is 3.11. The van der Waals surface area contributed by atoms with Crippen LogP contribution >= 0.6 is 0 Å². The average molecular weight is 463 g/mol. The van der Waals surface area contributed by atoms with Gasteiger partial charge in [-0.2, -0.15) is 0 Å². The molecular weight excluding hydrogens is 416 g/mol. The molecule has 4 aliphatic carbocycles. The van der Waals surface area contributed by atoms with Crippen molar-refractivity contribution in [2.75, 3.05) is 7.11 Å². The van der Waals surface area contributed by atoms with E-state index < -0.39 is 0 Å². The molecule has 188 valence electrons. The molecule has 0 aromatic rings. The van der Waals surface area contributed by atoms with E-state index in [0.29, 0.717) is 41.9 Å². The van der Waals surface area contributed by atoms with Gasteiger partial charge < -0.3 is 20.9 Å². The monoisotopic (exact) mass is 462 g/mol. The molecule has 0 bridgehead atoms. The fourth-order valence-electron chi connectivity index (χ4n) is 9.24. The largest absolute Gasteiger partial charge is 0.469 e. The Morgan fingerprint density at radius 2 is 1.79 bits per heavy atom. The molecule has 0 aromatic heterocycles. The highest BCUT2D eigenvalue weighted by Gasteiger charge is 2.65. The Morgan fingerprint density at radius 3 is 2.45 bits per heavy atom. The van der Waals surface area contributed by atoms with E-state index in [4.69, 9.17) is 20.9 Å². The van der Waals surface area contributed by atoms with Crippen LogP contribution in [0.1, 0.15) is 85.5 Å². The number of fused-ring (bicyclic) bond motifs is 5. The van der Waals surface area contributed by atoms with Gasteiger partial charge in [-0.25, -0.2) is 0 Å². The molecule has 4 N–H and O–H groups in total. The predicted octanol–water partition coefficient (Wildman–Crippen LogP) is 4.04. The second kappa shape index (κ2) is 9.14. The van der Waals surface area contributed by atoms with Gasteiger partial charge in [-0.05, 0) is 91.8 Å². The van der Waals surface area contributed by atoms with Crippen LogP contribution < -0.4 is 11.5 Å². The van der Waals surface area contributed by atoms with Gasteiger partial charge in [0, 0.05) is 31.3 Å². The maximum Gasteiger partial charge on any atom is 0.305 e. The van der Waals surface area contributed by atoms with Crippen molar-refractivity contribution in [3.63, 3.8) is 0 Å². The summed E-state index contributed by atoms with van der Waals surface area (Å²) in [5, 5.41) is 0. The molecule has 33 heavy (non-hydrogen) atoms. The molecule has 6 heteroatoms. The summed E-state index contributed by atoms with van der Waals surface area (Å²) >= 11 is 0. The summed E-state index contributed by atoms with van der Waals surface area (Å²) in [5.41, 5.74) is 13.7. The van der Waals surface area contributed by atoms with E-state index in [2.05, 4.69) is 20.8 Å². The molecule has 4 rings (SSSR count). The highest BCUT2D eigenvalue weighted by Crippen LogP contribution is 2.68. The van der Waals surface area contributed by atoms with Gasteiger partial charge in [0.25, 0.3) is 0 Å². The molecule has 0 aliphatic heterocycles. The van der Waals surface area contributed by atoms with Gasteiger partial charge in [0.2, 0.25) is 0 Å². The Kier molecular flexibility index (Phi) is 6.92. The topological polar surface area (TPSA) is 105 Å². The van der Waals surface area contributed by atoms with E-state index in [1.165, 1.54) is 7.11 Å². The lowest BCUT2D eigenvalue weighted by Crippen LogP contribution is -2.64. The summed E-state index contributed by atoms with van der Waals surface area (Å²) in [6.45, 7) is 8.72. The van der Waals surface area contributed by atoms with Crippen LogP contribution in [0.25, 0.3) is 0 Å². The number of hydrogen-bond donors (Lipinski definition) is 2. The molecule has 4 saturated carbocycles. The zero-order valence-electron chi connectivity index (χ0n) is 21.3. The van der Waals surface area contributed by atoms with E-state index in [1.807, 2.05) is 0 Å². The number of nitrogens with two attached hydrogens (primary N) is 2. The molecule has 4 fully saturated rings. The van der Waals surface area contributed by atoms with Crippen LogP contribution in [0.2, 0.25) is 0 Å². The number of methoxy groups -OCH3 is 1. The van der Waals surface area contributed by atoms with Crippen LogP contribution in [-0.4, -0.2) is 37.2 Å². The van der Waals surface area contributed by atoms with E-state index in [1.54, 1.807) is 6.92 Å². The van der Waals surface area contributed by atoms with E-state index in [-0.39, 0.29) is 41.0 Å². The van der Waals surface area contributed by atoms with Gasteiger partial charge in [0.15, 0.2) is 0 Å². The van der Waals surface area contributed by atoms with Crippen LogP contribution in [0, 0.1) is 46.3 Å². The maximum absolute atomic E-state index is 12.2. The second-order valence-electron chi connectivity index (χ2n) is 12.4. The van der Waals surface area contributed by atoms with E-state index in [9.17, 15) is 9.59 Å². The molecule has 6 nitrogen and oxygen atoms in total. The summed E-state index contributed by atoms with van der Waals surface area (Å²) in [7, 11) is 1.46. The van der Waals surface area contributed by atoms with E-state index in [0.717, 1.165) is 51.4 Å². The minimum atomic E-state index is -0.167. The first-order valence-corrected chi connectivity index (χ1v) is 13.3. The van der Waals surface area contributed by atoms with Gasteiger partial charge >= 0.3 is 11.9 Å². The van der Waals surface area contributed by atoms with Crippen molar-refractivity contribution >= 4 is 11.9 Å². The number of esters is 2. The van der Waals surface area contributed by atoms with Gasteiger partial charge in [0.05, 0.1) is 7.11 Å². The van der Waals surface area contributed by atoms with Crippen molar-refractivity contribution in [2.45, 2.75) is 104 Å². The van der Waals surface area contributed by atoms with Crippen LogP contribution in [0.5, 0.6) is 0 Å². The summed E-state index contributed by atoms with van der Waals surface area (Å²) in [6.07, 6.45) is 8.75. The van der Waals surface area contributed by atoms with Crippen molar-refractivity contribution in [1.82, 2.24) is 0 Å². The summed E-state index contributed by atoms with van der Waals surface area (Å²) in [6, 6.07) is 0.382. The molecule has 0 saturated heterocycles. The van der Waals surface area contributed by atoms with Crippen LogP contribution in [0.4, 0.5) is 0 Å². The zero-order chi connectivity index (χ0) is 24.1. The van der Waals surface area contributed by atoms with Gasteiger partial charge in [-0.15, -0.1) is 0 Å². The van der Waals surface area contributed by atoms with Gasteiger partial charge in [-0.1, -0.05) is 20.8 Å². The van der Waals surface area contributed by atoms with Crippen molar-refractivity contribution < 1.29 is 19.1 Å². The standard InChI is InChI=1S/C27H46N2O4/c1-15(6-9-24(31)32-5)19-7-8-20-25-21(14-23(29)27(19,20)4)26(3)11-10-18(28)12-17(26)13-22(25)33-16(2)30/h15,17-23,25H,6-14,28-29H2,1-5H3/t15-,17+,18-,19-,20+,21+,22-,23+,25+,26+,27-/m1/s1. The van der Waals surface area contributed by atoms with Crippen LogP contribution in [0.15, 0.2) is 0 Å². The van der Waals surface area contributed by atoms with E-state index >= 15 is 0 Å². The molecule has 0 amide bonds. The lowest BCUT2D eigenvalue weighted by atomic mass is 9.42. The third-order valence-corrected chi connectivity index (χ3v) is 11.0. The first-order chi connectivity index (χ1) is 15.5. The number of carbonyl (C=O) groups is 2. The molecule has 0 aromatic carbocycles. The SMILES string of the molecule is COC(=O)CC[C@@H](C)[C@H]1CC[C@H]2[C@@H]3[C@H](OC(C)=O)C[C@@H]4C[C@H](N)CC[C@]4(C)[C@H]3C[C@H](N)[C@]12C. The molecule has 0 radical (unpaired) electrons. The first kappa shape index (κ1) is 25.0. The lowest BCUT2D eigenvalue weighted by Gasteiger charge is -2.64. The summed E-state index contributed by atoms with van der Waals surface area (Å²) in [4.78, 5) is 23.9.